The lowest BCUT2D eigenvalue weighted by Crippen LogP contribution is -2.50. The van der Waals surface area contributed by atoms with E-state index < -0.39 is 16.0 Å². The van der Waals surface area contributed by atoms with Gasteiger partial charge in [-0.3, -0.25) is 9.89 Å². The highest BCUT2D eigenvalue weighted by molar-refractivity contribution is 7.89. The highest BCUT2D eigenvalue weighted by Gasteiger charge is 2.39. The molecule has 1 aromatic rings. The average Bonchev–Trinajstić information content (AvgIpc) is 2.51. The molecular formula is C10H15N3O4S. The number of hydrogen-bond acceptors (Lipinski definition) is 4. The van der Waals surface area contributed by atoms with Crippen LogP contribution in [0, 0.1) is 19.8 Å². The van der Waals surface area contributed by atoms with E-state index in [2.05, 4.69) is 10.2 Å². The zero-order valence-corrected chi connectivity index (χ0v) is 11.0. The van der Waals surface area contributed by atoms with Gasteiger partial charge in [-0.15, -0.1) is 0 Å². The van der Waals surface area contributed by atoms with Crippen molar-refractivity contribution in [2.75, 3.05) is 13.1 Å². The molecule has 2 N–H and O–H groups in total. The predicted octanol–water partition coefficient (Wildman–Crippen LogP) is 0.122. The van der Waals surface area contributed by atoms with Crippen molar-refractivity contribution in [3.8, 4) is 0 Å². The molecule has 0 aliphatic carbocycles. The van der Waals surface area contributed by atoms with E-state index in [0.717, 1.165) is 0 Å². The van der Waals surface area contributed by atoms with Crippen LogP contribution < -0.4 is 0 Å². The van der Waals surface area contributed by atoms with Crippen LogP contribution in [0.5, 0.6) is 0 Å². The zero-order valence-electron chi connectivity index (χ0n) is 10.2. The number of aromatic nitrogens is 2. The maximum atomic E-state index is 12.3. The average molecular weight is 273 g/mol. The molecule has 1 saturated heterocycles. The van der Waals surface area contributed by atoms with Crippen molar-refractivity contribution in [1.29, 1.82) is 0 Å². The summed E-state index contributed by atoms with van der Waals surface area (Å²) in [5.74, 6) is -0.988. The highest BCUT2D eigenvalue weighted by Crippen LogP contribution is 2.29. The summed E-state index contributed by atoms with van der Waals surface area (Å²) in [5, 5.41) is 15.1. The summed E-state index contributed by atoms with van der Waals surface area (Å²) < 4.78 is 25.8. The molecule has 0 aromatic carbocycles. The molecule has 0 saturated carbocycles. The van der Waals surface area contributed by atoms with Gasteiger partial charge >= 0.3 is 5.97 Å². The van der Waals surface area contributed by atoms with Crippen LogP contribution in [-0.2, 0) is 14.8 Å². The van der Waals surface area contributed by atoms with Crippen molar-refractivity contribution < 1.29 is 18.3 Å². The second-order valence-corrected chi connectivity index (χ2v) is 6.42. The van der Waals surface area contributed by atoms with Gasteiger partial charge in [0.1, 0.15) is 4.90 Å². The van der Waals surface area contributed by atoms with Crippen LogP contribution in [0.15, 0.2) is 4.90 Å². The number of carbonyl (C=O) groups is 1. The van der Waals surface area contributed by atoms with E-state index >= 15 is 0 Å². The monoisotopic (exact) mass is 273 g/mol. The summed E-state index contributed by atoms with van der Waals surface area (Å²) in [5.41, 5.74) is 0.948. The van der Waals surface area contributed by atoms with Crippen LogP contribution >= 0.6 is 0 Å². The number of rotatable bonds is 4. The third kappa shape index (κ3) is 2.13. The topological polar surface area (TPSA) is 103 Å². The Labute approximate surface area is 105 Å². The molecule has 1 aliphatic heterocycles. The maximum Gasteiger partial charge on any atom is 0.303 e. The lowest BCUT2D eigenvalue weighted by atomic mass is 10.00. The third-order valence-corrected chi connectivity index (χ3v) is 5.14. The SMILES string of the molecule is Cc1n[nH]c(C)c1S(=O)(=O)N1CC(CC(=O)O)C1. The number of hydrogen-bond donors (Lipinski definition) is 2. The number of carboxylic acid groups (broad SMARTS) is 1. The van der Waals surface area contributed by atoms with Gasteiger partial charge in [0.25, 0.3) is 0 Å². The minimum absolute atomic E-state index is 0.00930. The van der Waals surface area contributed by atoms with Gasteiger partial charge in [0.05, 0.1) is 17.8 Å². The Morgan fingerprint density at radius 2 is 2.11 bits per heavy atom. The standard InChI is InChI=1S/C10H15N3O4S/c1-6-10(7(2)12-11-6)18(16,17)13-4-8(5-13)3-9(14)15/h8H,3-5H2,1-2H3,(H,11,12)(H,14,15). The molecule has 1 aliphatic rings. The minimum Gasteiger partial charge on any atom is -0.481 e. The van der Waals surface area contributed by atoms with Gasteiger partial charge in [-0.25, -0.2) is 8.42 Å². The predicted molar refractivity (Wildman–Crippen MR) is 62.6 cm³/mol. The van der Waals surface area contributed by atoms with Gasteiger partial charge in [-0.2, -0.15) is 9.40 Å². The van der Waals surface area contributed by atoms with Gasteiger partial charge in [0.15, 0.2) is 0 Å². The number of aromatic amines is 1. The molecule has 8 heteroatoms. The van der Waals surface area contributed by atoms with Crippen molar-refractivity contribution in [2.24, 2.45) is 5.92 Å². The van der Waals surface area contributed by atoms with Crippen molar-refractivity contribution in [3.63, 3.8) is 0 Å². The normalized spacial score (nSPS) is 17.7. The van der Waals surface area contributed by atoms with E-state index in [1.165, 1.54) is 4.31 Å². The van der Waals surface area contributed by atoms with Gasteiger partial charge < -0.3 is 5.11 Å². The van der Waals surface area contributed by atoms with Gasteiger partial charge in [0.2, 0.25) is 10.0 Å². The van der Waals surface area contributed by atoms with Crippen molar-refractivity contribution in [3.05, 3.63) is 11.4 Å². The number of aliphatic carboxylic acids is 1. The number of aryl methyl sites for hydroxylation is 2. The molecule has 7 nitrogen and oxygen atoms in total. The lowest BCUT2D eigenvalue weighted by molar-refractivity contribution is -0.139. The Morgan fingerprint density at radius 3 is 2.56 bits per heavy atom. The second-order valence-electron chi connectivity index (χ2n) is 4.55. The number of nitrogens with zero attached hydrogens (tertiary/aromatic N) is 2. The first-order valence-electron chi connectivity index (χ1n) is 5.56. The fourth-order valence-electron chi connectivity index (χ4n) is 2.14. The van der Waals surface area contributed by atoms with E-state index in [1.54, 1.807) is 13.8 Å². The number of sulfonamides is 1. The molecule has 0 bridgehead atoms. The fraction of sp³-hybridized carbons (Fsp3) is 0.600. The van der Waals surface area contributed by atoms with Crippen molar-refractivity contribution in [1.82, 2.24) is 14.5 Å². The molecule has 1 aromatic heterocycles. The van der Waals surface area contributed by atoms with Crippen molar-refractivity contribution >= 4 is 16.0 Å². The summed E-state index contributed by atoms with van der Waals surface area (Å²) in [6.45, 7) is 3.81. The molecule has 0 atom stereocenters. The van der Waals surface area contributed by atoms with E-state index in [1.807, 2.05) is 0 Å². The van der Waals surface area contributed by atoms with Crippen molar-refractivity contribution in [2.45, 2.75) is 25.2 Å². The number of carboxylic acids is 1. The zero-order chi connectivity index (χ0) is 13.5. The summed E-state index contributed by atoms with van der Waals surface area (Å²) in [6, 6.07) is 0. The lowest BCUT2D eigenvalue weighted by Gasteiger charge is -2.37. The van der Waals surface area contributed by atoms with Crippen LogP contribution in [0.1, 0.15) is 17.8 Å². The molecule has 0 unspecified atom stereocenters. The van der Waals surface area contributed by atoms with Gasteiger partial charge in [-0.05, 0) is 19.8 Å². The molecule has 0 amide bonds. The summed E-state index contributed by atoms with van der Waals surface area (Å²) in [7, 11) is -3.54. The Bertz CT molecular complexity index is 552. The molecule has 18 heavy (non-hydrogen) atoms. The Balaban J connectivity index is 2.14. The first-order chi connectivity index (χ1) is 8.32. The Morgan fingerprint density at radius 1 is 1.50 bits per heavy atom. The summed E-state index contributed by atoms with van der Waals surface area (Å²) in [4.78, 5) is 10.7. The largest absolute Gasteiger partial charge is 0.481 e. The van der Waals surface area contributed by atoms with Crippen LogP contribution in [0.4, 0.5) is 0 Å². The van der Waals surface area contributed by atoms with Crippen LogP contribution in [-0.4, -0.2) is 47.1 Å². The first kappa shape index (κ1) is 13.0. The van der Waals surface area contributed by atoms with Gasteiger partial charge in [-0.1, -0.05) is 0 Å². The molecule has 2 heterocycles. The molecule has 100 valence electrons. The minimum atomic E-state index is -3.54. The quantitative estimate of drug-likeness (QED) is 0.811. The van der Waals surface area contributed by atoms with Crippen LogP contribution in [0.3, 0.4) is 0 Å². The van der Waals surface area contributed by atoms with E-state index in [0.29, 0.717) is 11.4 Å². The van der Waals surface area contributed by atoms with Crippen LogP contribution in [0.2, 0.25) is 0 Å². The molecular weight excluding hydrogens is 258 g/mol. The summed E-state index contributed by atoms with van der Waals surface area (Å²) in [6.07, 6.45) is 0.00930. The molecule has 1 fully saturated rings. The Hall–Kier alpha value is -1.41. The van der Waals surface area contributed by atoms with E-state index in [-0.39, 0.29) is 30.3 Å². The molecule has 2 rings (SSSR count). The Kier molecular flexibility index (Phi) is 3.16. The number of nitrogens with one attached hydrogen (secondary N) is 1. The fourth-order valence-corrected chi connectivity index (χ4v) is 4.07. The molecule has 0 radical (unpaired) electrons. The highest BCUT2D eigenvalue weighted by atomic mass is 32.2. The van der Waals surface area contributed by atoms with Gasteiger partial charge in [0, 0.05) is 13.1 Å². The van der Waals surface area contributed by atoms with Crippen LogP contribution in [0.25, 0.3) is 0 Å². The first-order valence-corrected chi connectivity index (χ1v) is 7.00. The number of H-pyrrole nitrogens is 1. The summed E-state index contributed by atoms with van der Waals surface area (Å²) >= 11 is 0. The smallest absolute Gasteiger partial charge is 0.303 e. The second kappa shape index (κ2) is 4.36. The molecule has 0 spiro atoms. The third-order valence-electron chi connectivity index (χ3n) is 3.05. The van der Waals surface area contributed by atoms with E-state index in [4.69, 9.17) is 5.11 Å². The van der Waals surface area contributed by atoms with E-state index in [9.17, 15) is 13.2 Å². The maximum absolute atomic E-state index is 12.3.